The van der Waals surface area contributed by atoms with Gasteiger partial charge in [-0.05, 0) is 18.2 Å². The van der Waals surface area contributed by atoms with E-state index in [-0.39, 0.29) is 17.6 Å². The maximum Gasteiger partial charge on any atom is 0.330 e. The third-order valence-corrected chi connectivity index (χ3v) is 3.76. The van der Waals surface area contributed by atoms with E-state index in [1.807, 2.05) is 24.3 Å². The Balaban J connectivity index is 1.53. The summed E-state index contributed by atoms with van der Waals surface area (Å²) in [5.74, 6) is -0.319. The summed E-state index contributed by atoms with van der Waals surface area (Å²) in [6.07, 6.45) is 2.58. The van der Waals surface area contributed by atoms with Crippen LogP contribution in [0.4, 0.5) is 5.95 Å². The molecule has 0 atom stereocenters. The number of hydrogen-bond donors (Lipinski definition) is 2. The third-order valence-electron chi connectivity index (χ3n) is 2.93. The highest BCUT2D eigenvalue weighted by atomic mass is 32.2. The average Bonchev–Trinajstić information content (AvgIpc) is 3.24. The first-order valence-electron chi connectivity index (χ1n) is 7.10. The SMILES string of the molecule is COC(=O)/C=C/c1nc(NC(=O)CSc2nc3ccccc3o2)n[nH]1. The maximum absolute atomic E-state index is 11.9. The standard InChI is InChI=1S/C15H13N5O4S/c1-23-13(22)7-6-11-17-14(20-19-11)18-12(21)8-25-15-16-9-4-2-3-5-10(9)24-15/h2-7H,8H2,1H3,(H2,17,18,19,20,21)/b7-6+. The summed E-state index contributed by atoms with van der Waals surface area (Å²) in [7, 11) is 1.27. The number of oxazole rings is 1. The quantitative estimate of drug-likeness (QED) is 0.388. The van der Waals surface area contributed by atoms with Crippen molar-refractivity contribution in [2.24, 2.45) is 0 Å². The highest BCUT2D eigenvalue weighted by Gasteiger charge is 2.11. The topological polar surface area (TPSA) is 123 Å². The van der Waals surface area contributed by atoms with Gasteiger partial charge in [-0.1, -0.05) is 23.9 Å². The van der Waals surface area contributed by atoms with Crippen LogP contribution >= 0.6 is 11.8 Å². The zero-order chi connectivity index (χ0) is 17.6. The Kier molecular flexibility index (Phi) is 5.09. The molecule has 2 N–H and O–H groups in total. The lowest BCUT2D eigenvalue weighted by molar-refractivity contribution is -0.134. The number of aromatic nitrogens is 4. The van der Waals surface area contributed by atoms with Crippen LogP contribution in [-0.2, 0) is 14.3 Å². The zero-order valence-corrected chi connectivity index (χ0v) is 13.9. The number of H-pyrrole nitrogens is 1. The first-order valence-corrected chi connectivity index (χ1v) is 8.09. The summed E-state index contributed by atoms with van der Waals surface area (Å²) in [5.41, 5.74) is 1.41. The molecule has 1 aromatic carbocycles. The van der Waals surface area contributed by atoms with Gasteiger partial charge in [0.2, 0.25) is 11.9 Å². The second-order valence-electron chi connectivity index (χ2n) is 4.69. The largest absolute Gasteiger partial charge is 0.466 e. The molecule has 0 saturated carbocycles. The van der Waals surface area contributed by atoms with Crippen molar-refractivity contribution in [2.75, 3.05) is 18.2 Å². The fraction of sp³-hybridized carbons (Fsp3) is 0.133. The number of benzene rings is 1. The minimum atomic E-state index is -0.517. The molecule has 2 aromatic heterocycles. The predicted octanol–water partition coefficient (Wildman–Crippen LogP) is 1.86. The Bertz CT molecular complexity index is 900. The Hall–Kier alpha value is -3.14. The number of amides is 1. The first-order chi connectivity index (χ1) is 12.1. The van der Waals surface area contributed by atoms with Gasteiger partial charge >= 0.3 is 5.97 Å². The number of nitrogens with zero attached hydrogens (tertiary/aromatic N) is 3. The minimum Gasteiger partial charge on any atom is -0.466 e. The van der Waals surface area contributed by atoms with Crippen molar-refractivity contribution in [3.05, 3.63) is 36.2 Å². The number of thioether (sulfide) groups is 1. The number of carbonyl (C=O) groups excluding carboxylic acids is 2. The summed E-state index contributed by atoms with van der Waals surface area (Å²) >= 11 is 1.17. The molecule has 9 nitrogen and oxygen atoms in total. The van der Waals surface area contributed by atoms with Crippen LogP contribution in [-0.4, -0.2) is 44.9 Å². The molecule has 0 spiro atoms. The van der Waals surface area contributed by atoms with Crippen LogP contribution in [0.3, 0.4) is 0 Å². The Morgan fingerprint density at radius 3 is 3.00 bits per heavy atom. The van der Waals surface area contributed by atoms with E-state index in [2.05, 4.69) is 30.2 Å². The van der Waals surface area contributed by atoms with E-state index in [1.54, 1.807) is 0 Å². The Morgan fingerprint density at radius 2 is 2.20 bits per heavy atom. The normalized spacial score (nSPS) is 11.1. The van der Waals surface area contributed by atoms with E-state index in [9.17, 15) is 9.59 Å². The van der Waals surface area contributed by atoms with Crippen LogP contribution in [0.25, 0.3) is 17.2 Å². The molecule has 0 unspecified atom stereocenters. The summed E-state index contributed by atoms with van der Waals surface area (Å²) in [6, 6.07) is 7.36. The Morgan fingerprint density at radius 1 is 1.36 bits per heavy atom. The molecule has 25 heavy (non-hydrogen) atoms. The predicted molar refractivity (Wildman–Crippen MR) is 90.8 cm³/mol. The van der Waals surface area contributed by atoms with Gasteiger partial charge in [0.1, 0.15) is 5.52 Å². The maximum atomic E-state index is 11.9. The minimum absolute atomic E-state index is 0.0920. The molecular weight excluding hydrogens is 346 g/mol. The number of hydrogen-bond acceptors (Lipinski definition) is 8. The zero-order valence-electron chi connectivity index (χ0n) is 13.1. The molecule has 3 aromatic rings. The molecule has 0 aliphatic rings. The van der Waals surface area contributed by atoms with Gasteiger partial charge in [-0.3, -0.25) is 15.2 Å². The number of para-hydroxylation sites is 2. The molecule has 128 valence electrons. The molecular formula is C15H13N5O4S. The number of esters is 1. The molecule has 0 fully saturated rings. The van der Waals surface area contributed by atoms with E-state index in [0.717, 1.165) is 5.52 Å². The van der Waals surface area contributed by atoms with Gasteiger partial charge < -0.3 is 9.15 Å². The molecule has 0 radical (unpaired) electrons. The van der Waals surface area contributed by atoms with Gasteiger partial charge in [0.05, 0.1) is 12.9 Å². The van der Waals surface area contributed by atoms with E-state index >= 15 is 0 Å². The molecule has 3 rings (SSSR count). The van der Waals surface area contributed by atoms with Gasteiger partial charge in [0, 0.05) is 6.08 Å². The lowest BCUT2D eigenvalue weighted by Crippen LogP contribution is -2.15. The summed E-state index contributed by atoms with van der Waals surface area (Å²) in [6.45, 7) is 0. The number of ether oxygens (including phenoxy) is 1. The van der Waals surface area contributed by atoms with E-state index in [1.165, 1.54) is 31.0 Å². The van der Waals surface area contributed by atoms with Crippen LogP contribution in [0.2, 0.25) is 0 Å². The molecule has 0 aliphatic carbocycles. The molecule has 0 bridgehead atoms. The van der Waals surface area contributed by atoms with E-state index in [0.29, 0.717) is 16.6 Å². The number of nitrogens with one attached hydrogen (secondary N) is 2. The smallest absolute Gasteiger partial charge is 0.330 e. The third kappa shape index (κ3) is 4.44. The van der Waals surface area contributed by atoms with Crippen molar-refractivity contribution < 1.29 is 18.7 Å². The van der Waals surface area contributed by atoms with Crippen LogP contribution in [0, 0.1) is 0 Å². The van der Waals surface area contributed by atoms with Gasteiger partial charge in [0.25, 0.3) is 5.22 Å². The number of aromatic amines is 1. The van der Waals surface area contributed by atoms with Crippen molar-refractivity contribution >= 4 is 46.8 Å². The second kappa shape index (κ2) is 7.62. The van der Waals surface area contributed by atoms with Crippen LogP contribution < -0.4 is 5.32 Å². The molecule has 2 heterocycles. The average molecular weight is 359 g/mol. The van der Waals surface area contributed by atoms with Crippen molar-refractivity contribution in [3.8, 4) is 0 Å². The summed E-state index contributed by atoms with van der Waals surface area (Å²) in [4.78, 5) is 31.2. The highest BCUT2D eigenvalue weighted by molar-refractivity contribution is 7.99. The molecule has 0 saturated heterocycles. The van der Waals surface area contributed by atoms with E-state index in [4.69, 9.17) is 4.42 Å². The lowest BCUT2D eigenvalue weighted by Gasteiger charge is -1.97. The van der Waals surface area contributed by atoms with Gasteiger partial charge in [-0.15, -0.1) is 5.10 Å². The van der Waals surface area contributed by atoms with Gasteiger partial charge in [-0.25, -0.2) is 9.78 Å². The highest BCUT2D eigenvalue weighted by Crippen LogP contribution is 2.23. The van der Waals surface area contributed by atoms with Crippen LogP contribution in [0.5, 0.6) is 0 Å². The van der Waals surface area contributed by atoms with Crippen LogP contribution in [0.1, 0.15) is 5.82 Å². The number of fused-ring (bicyclic) bond motifs is 1. The molecule has 10 heteroatoms. The number of carbonyl (C=O) groups is 2. The van der Waals surface area contributed by atoms with E-state index < -0.39 is 5.97 Å². The fourth-order valence-corrected chi connectivity index (χ4v) is 2.46. The van der Waals surface area contributed by atoms with Crippen molar-refractivity contribution in [1.82, 2.24) is 20.2 Å². The summed E-state index contributed by atoms with van der Waals surface area (Å²) in [5, 5.41) is 9.35. The number of methoxy groups -OCH3 is 1. The lowest BCUT2D eigenvalue weighted by atomic mass is 10.3. The van der Waals surface area contributed by atoms with Crippen LogP contribution in [0.15, 0.2) is 40.0 Å². The number of anilines is 1. The fourth-order valence-electron chi connectivity index (χ4n) is 1.82. The van der Waals surface area contributed by atoms with Crippen molar-refractivity contribution in [2.45, 2.75) is 5.22 Å². The molecule has 1 amide bonds. The number of rotatable bonds is 6. The molecule has 0 aliphatic heterocycles. The second-order valence-corrected chi connectivity index (χ2v) is 5.61. The van der Waals surface area contributed by atoms with Gasteiger partial charge in [0.15, 0.2) is 11.4 Å². The van der Waals surface area contributed by atoms with Crippen molar-refractivity contribution in [1.29, 1.82) is 0 Å². The monoisotopic (exact) mass is 359 g/mol. The summed E-state index contributed by atoms with van der Waals surface area (Å²) < 4.78 is 9.98. The van der Waals surface area contributed by atoms with Crippen molar-refractivity contribution in [3.63, 3.8) is 0 Å². The Labute approximate surface area is 145 Å². The first kappa shape index (κ1) is 16.7. The van der Waals surface area contributed by atoms with Gasteiger partial charge in [-0.2, -0.15) is 4.98 Å².